The van der Waals surface area contributed by atoms with E-state index in [4.69, 9.17) is 9.47 Å². The summed E-state index contributed by atoms with van der Waals surface area (Å²) in [7, 11) is 0. The minimum Gasteiger partial charge on any atom is -0.466 e. The van der Waals surface area contributed by atoms with Gasteiger partial charge in [-0.25, -0.2) is 0 Å². The highest BCUT2D eigenvalue weighted by atomic mass is 16.5. The highest BCUT2D eigenvalue weighted by Crippen LogP contribution is 2.08. The Balaban J connectivity index is 0.00000136. The standard InChI is InChI=1S/C22H42O4.C6H6/c1-3-5-7-9-11-15-19-25-21(23)17-13-14-18-22(24)26-20-16-12-10-8-6-4-2;1-2-4-6-5-3-1/h3-20H2,1-2H3;1-6H. The molecule has 0 radical (unpaired) electrons. The second-order valence-corrected chi connectivity index (χ2v) is 8.34. The molecule has 0 N–H and O–H groups in total. The Morgan fingerprint density at radius 1 is 0.469 bits per heavy atom. The average Bonchev–Trinajstić information content (AvgIpc) is 2.82. The van der Waals surface area contributed by atoms with E-state index in [0.29, 0.717) is 38.9 Å². The molecule has 1 aromatic rings. The smallest absolute Gasteiger partial charge is 0.305 e. The first kappa shape index (κ1) is 30.2. The molecule has 0 aromatic heterocycles. The maximum Gasteiger partial charge on any atom is 0.305 e. The van der Waals surface area contributed by atoms with E-state index >= 15 is 0 Å². The Kier molecular flexibility index (Phi) is 24.0. The van der Waals surface area contributed by atoms with E-state index in [1.165, 1.54) is 51.4 Å². The molecule has 0 amide bonds. The lowest BCUT2D eigenvalue weighted by atomic mass is 10.1. The van der Waals surface area contributed by atoms with E-state index < -0.39 is 0 Å². The van der Waals surface area contributed by atoms with Gasteiger partial charge in [0.1, 0.15) is 0 Å². The van der Waals surface area contributed by atoms with Crippen LogP contribution < -0.4 is 0 Å². The maximum atomic E-state index is 11.6. The zero-order valence-corrected chi connectivity index (χ0v) is 20.8. The van der Waals surface area contributed by atoms with Crippen LogP contribution in [0.15, 0.2) is 36.4 Å². The summed E-state index contributed by atoms with van der Waals surface area (Å²) in [6.45, 7) is 5.48. The first-order valence-electron chi connectivity index (χ1n) is 13.0. The molecule has 4 heteroatoms. The Bertz CT molecular complexity index is 457. The number of ether oxygens (including phenoxy) is 2. The number of unbranched alkanes of at least 4 members (excludes halogenated alkanes) is 11. The summed E-state index contributed by atoms with van der Waals surface area (Å²) in [6.07, 6.45) is 16.5. The third kappa shape index (κ3) is 24.4. The summed E-state index contributed by atoms with van der Waals surface area (Å²) in [6, 6.07) is 12.0. The van der Waals surface area contributed by atoms with Gasteiger partial charge in [-0.15, -0.1) is 0 Å². The summed E-state index contributed by atoms with van der Waals surface area (Å²) in [5.41, 5.74) is 0. The molecule has 0 fully saturated rings. The van der Waals surface area contributed by atoms with Crippen LogP contribution in [0.5, 0.6) is 0 Å². The monoisotopic (exact) mass is 448 g/mol. The second-order valence-electron chi connectivity index (χ2n) is 8.34. The van der Waals surface area contributed by atoms with Gasteiger partial charge in [0.2, 0.25) is 0 Å². The van der Waals surface area contributed by atoms with Crippen LogP contribution >= 0.6 is 0 Å². The van der Waals surface area contributed by atoms with Crippen molar-refractivity contribution in [3.63, 3.8) is 0 Å². The number of benzene rings is 1. The van der Waals surface area contributed by atoms with Gasteiger partial charge < -0.3 is 9.47 Å². The van der Waals surface area contributed by atoms with Crippen molar-refractivity contribution in [1.82, 2.24) is 0 Å². The summed E-state index contributed by atoms with van der Waals surface area (Å²) < 4.78 is 10.4. The van der Waals surface area contributed by atoms with Crippen molar-refractivity contribution in [3.8, 4) is 0 Å². The molecular weight excluding hydrogens is 400 g/mol. The molecular formula is C28H48O4. The molecule has 32 heavy (non-hydrogen) atoms. The van der Waals surface area contributed by atoms with Crippen LogP contribution in [0.3, 0.4) is 0 Å². The van der Waals surface area contributed by atoms with Crippen LogP contribution in [0.1, 0.15) is 117 Å². The van der Waals surface area contributed by atoms with Gasteiger partial charge in [0.25, 0.3) is 0 Å². The van der Waals surface area contributed by atoms with Crippen molar-refractivity contribution in [1.29, 1.82) is 0 Å². The second kappa shape index (κ2) is 25.4. The summed E-state index contributed by atoms with van der Waals surface area (Å²) in [5.74, 6) is -0.280. The van der Waals surface area contributed by atoms with Crippen molar-refractivity contribution in [3.05, 3.63) is 36.4 Å². The normalized spacial score (nSPS) is 10.2. The molecule has 1 rings (SSSR count). The van der Waals surface area contributed by atoms with Gasteiger partial charge in [0.15, 0.2) is 0 Å². The van der Waals surface area contributed by atoms with E-state index in [-0.39, 0.29) is 11.9 Å². The first-order chi connectivity index (χ1) is 15.7. The molecule has 1 aromatic carbocycles. The molecule has 4 nitrogen and oxygen atoms in total. The van der Waals surface area contributed by atoms with Crippen molar-refractivity contribution < 1.29 is 19.1 Å². The van der Waals surface area contributed by atoms with E-state index in [1.807, 2.05) is 36.4 Å². The van der Waals surface area contributed by atoms with Crippen LogP contribution in [-0.4, -0.2) is 25.2 Å². The van der Waals surface area contributed by atoms with Crippen LogP contribution in [0.4, 0.5) is 0 Å². The van der Waals surface area contributed by atoms with Crippen molar-refractivity contribution in [2.75, 3.05) is 13.2 Å². The number of hydrogen-bond donors (Lipinski definition) is 0. The fourth-order valence-corrected chi connectivity index (χ4v) is 3.20. The first-order valence-corrected chi connectivity index (χ1v) is 13.0. The highest BCUT2D eigenvalue weighted by molar-refractivity contribution is 5.70. The quantitative estimate of drug-likeness (QED) is 0.159. The topological polar surface area (TPSA) is 52.6 Å². The maximum absolute atomic E-state index is 11.6. The van der Waals surface area contributed by atoms with Gasteiger partial charge in [0, 0.05) is 12.8 Å². The van der Waals surface area contributed by atoms with Gasteiger partial charge >= 0.3 is 11.9 Å². The van der Waals surface area contributed by atoms with E-state index in [2.05, 4.69) is 13.8 Å². The van der Waals surface area contributed by atoms with Gasteiger partial charge in [-0.05, 0) is 25.7 Å². The third-order valence-electron chi connectivity index (χ3n) is 5.20. The molecule has 0 aliphatic rings. The molecule has 0 bridgehead atoms. The number of carbonyl (C=O) groups is 2. The molecule has 0 saturated heterocycles. The van der Waals surface area contributed by atoms with E-state index in [0.717, 1.165) is 25.7 Å². The predicted molar refractivity (Wildman–Crippen MR) is 134 cm³/mol. The largest absolute Gasteiger partial charge is 0.466 e. The molecule has 0 unspecified atom stereocenters. The van der Waals surface area contributed by atoms with Gasteiger partial charge in [-0.2, -0.15) is 0 Å². The molecule has 0 atom stereocenters. The van der Waals surface area contributed by atoms with Gasteiger partial charge in [-0.1, -0.05) is 114 Å². The van der Waals surface area contributed by atoms with E-state index in [1.54, 1.807) is 0 Å². The Hall–Kier alpha value is -1.84. The summed E-state index contributed by atoms with van der Waals surface area (Å²) in [4.78, 5) is 23.2. The molecule has 0 aliphatic carbocycles. The number of hydrogen-bond acceptors (Lipinski definition) is 4. The van der Waals surface area contributed by atoms with Crippen LogP contribution in [0.25, 0.3) is 0 Å². The minimum atomic E-state index is -0.140. The molecule has 0 saturated carbocycles. The van der Waals surface area contributed by atoms with Crippen LogP contribution in [-0.2, 0) is 19.1 Å². The van der Waals surface area contributed by atoms with E-state index in [9.17, 15) is 9.59 Å². The Morgan fingerprint density at radius 2 is 0.781 bits per heavy atom. The molecule has 0 aliphatic heterocycles. The molecule has 0 heterocycles. The predicted octanol–water partition coefficient (Wildman–Crippen LogP) is 8.04. The lowest BCUT2D eigenvalue weighted by molar-refractivity contribution is -0.146. The Morgan fingerprint density at radius 3 is 1.12 bits per heavy atom. The molecule has 184 valence electrons. The number of esters is 2. The fourth-order valence-electron chi connectivity index (χ4n) is 3.20. The zero-order chi connectivity index (χ0) is 23.5. The van der Waals surface area contributed by atoms with Crippen molar-refractivity contribution in [2.24, 2.45) is 0 Å². The number of rotatable bonds is 19. The Labute approximate surface area is 197 Å². The average molecular weight is 449 g/mol. The lowest BCUT2D eigenvalue weighted by Crippen LogP contribution is -2.08. The van der Waals surface area contributed by atoms with Gasteiger partial charge in [0.05, 0.1) is 13.2 Å². The summed E-state index contributed by atoms with van der Waals surface area (Å²) >= 11 is 0. The van der Waals surface area contributed by atoms with Crippen LogP contribution in [0, 0.1) is 0 Å². The number of carbonyl (C=O) groups excluding carboxylic acids is 2. The lowest BCUT2D eigenvalue weighted by Gasteiger charge is -2.06. The minimum absolute atomic E-state index is 0.140. The van der Waals surface area contributed by atoms with Crippen LogP contribution in [0.2, 0.25) is 0 Å². The SMILES string of the molecule is CCCCCCCCOC(=O)CCCCC(=O)OCCCCCCCC.c1ccccc1. The summed E-state index contributed by atoms with van der Waals surface area (Å²) in [5, 5.41) is 0. The highest BCUT2D eigenvalue weighted by Gasteiger charge is 2.06. The van der Waals surface area contributed by atoms with Crippen molar-refractivity contribution >= 4 is 11.9 Å². The fraction of sp³-hybridized carbons (Fsp3) is 0.714. The van der Waals surface area contributed by atoms with Gasteiger partial charge in [-0.3, -0.25) is 9.59 Å². The molecule has 0 spiro atoms. The zero-order valence-electron chi connectivity index (χ0n) is 20.8. The van der Waals surface area contributed by atoms with Crippen molar-refractivity contribution in [2.45, 2.75) is 117 Å². The third-order valence-corrected chi connectivity index (χ3v) is 5.20.